The number of amides is 3. The molecule has 0 aliphatic rings. The van der Waals surface area contributed by atoms with Crippen LogP contribution in [0.25, 0.3) is 21.8 Å². The summed E-state index contributed by atoms with van der Waals surface area (Å²) in [6.07, 6.45) is 5.30. The van der Waals surface area contributed by atoms with Crippen molar-refractivity contribution in [3.63, 3.8) is 0 Å². The zero-order chi connectivity index (χ0) is 31.6. The SMILES string of the molecule is NCCCCC(N)C(=O)NC(Cc1c[nH]c2ccccc12)C(=O)NC(Cc1c[nH]c2ccccc12)C(=O)NC(CO)C(=O)O. The zero-order valence-corrected chi connectivity index (χ0v) is 24.2. The minimum Gasteiger partial charge on any atom is -0.480 e. The van der Waals surface area contributed by atoms with Gasteiger partial charge < -0.3 is 47.6 Å². The molecule has 4 unspecified atom stereocenters. The third kappa shape index (κ3) is 8.01. The Morgan fingerprint density at radius 2 is 1.20 bits per heavy atom. The summed E-state index contributed by atoms with van der Waals surface area (Å²) in [5.41, 5.74) is 14.8. The maximum atomic E-state index is 13.9. The fourth-order valence-electron chi connectivity index (χ4n) is 5.11. The van der Waals surface area contributed by atoms with Crippen molar-refractivity contribution in [3.05, 3.63) is 72.1 Å². The van der Waals surface area contributed by atoms with Crippen LogP contribution >= 0.6 is 0 Å². The standard InChI is InChI=1S/C31H39N7O6/c32-12-6-5-9-22(33)28(40)36-25(13-18-15-34-23-10-3-1-7-20(18)23)29(41)37-26(30(42)38-27(17-39)31(43)44)14-19-16-35-24-11-4-2-8-21(19)24/h1-4,7-8,10-11,15-16,22,25-27,34-35,39H,5-6,9,12-14,17,32-33H2,(H,36,40)(H,37,41)(H,38,42)(H,43,44). The van der Waals surface area contributed by atoms with Crippen molar-refractivity contribution < 1.29 is 29.4 Å². The van der Waals surface area contributed by atoms with Crippen molar-refractivity contribution in [2.75, 3.05) is 13.2 Å². The maximum Gasteiger partial charge on any atom is 0.328 e. The molecule has 2 aromatic heterocycles. The summed E-state index contributed by atoms with van der Waals surface area (Å²) in [6, 6.07) is 10.1. The van der Waals surface area contributed by atoms with Crippen LogP contribution in [0.3, 0.4) is 0 Å². The average Bonchev–Trinajstić information content (AvgIpc) is 3.62. The molecular weight excluding hydrogens is 566 g/mol. The van der Waals surface area contributed by atoms with Crippen LogP contribution in [0.15, 0.2) is 60.9 Å². The third-order valence-electron chi connectivity index (χ3n) is 7.57. The van der Waals surface area contributed by atoms with Gasteiger partial charge in [-0.3, -0.25) is 14.4 Å². The Kier molecular flexibility index (Phi) is 11.1. The number of fused-ring (bicyclic) bond motifs is 2. The lowest BCUT2D eigenvalue weighted by Gasteiger charge is -2.25. The molecule has 4 atom stereocenters. The summed E-state index contributed by atoms with van der Waals surface area (Å²) in [6.45, 7) is -0.366. The van der Waals surface area contributed by atoms with Gasteiger partial charge in [0.1, 0.15) is 18.1 Å². The monoisotopic (exact) mass is 605 g/mol. The van der Waals surface area contributed by atoms with Gasteiger partial charge in [-0.15, -0.1) is 0 Å². The zero-order valence-electron chi connectivity index (χ0n) is 24.2. The molecule has 4 aromatic rings. The van der Waals surface area contributed by atoms with Gasteiger partial charge >= 0.3 is 5.97 Å². The van der Waals surface area contributed by atoms with Crippen LogP contribution in [0.5, 0.6) is 0 Å². The molecule has 0 aliphatic heterocycles. The molecule has 2 aromatic carbocycles. The Morgan fingerprint density at radius 1 is 0.727 bits per heavy atom. The van der Waals surface area contributed by atoms with Gasteiger partial charge in [0.25, 0.3) is 0 Å². The number of carboxylic acid groups (broad SMARTS) is 1. The largest absolute Gasteiger partial charge is 0.480 e. The molecule has 0 radical (unpaired) electrons. The summed E-state index contributed by atoms with van der Waals surface area (Å²) >= 11 is 0. The summed E-state index contributed by atoms with van der Waals surface area (Å²) in [5, 5.41) is 28.4. The number of rotatable bonds is 16. The van der Waals surface area contributed by atoms with E-state index in [1.54, 1.807) is 12.4 Å². The predicted octanol–water partition coefficient (Wildman–Crippen LogP) is 0.422. The first-order valence-electron chi connectivity index (χ1n) is 14.5. The molecule has 3 amide bonds. The van der Waals surface area contributed by atoms with Gasteiger partial charge in [-0.2, -0.15) is 0 Å². The average molecular weight is 606 g/mol. The molecule has 0 bridgehead atoms. The molecule has 11 N–H and O–H groups in total. The lowest BCUT2D eigenvalue weighted by Crippen LogP contribution is -2.58. The Morgan fingerprint density at radius 3 is 1.68 bits per heavy atom. The van der Waals surface area contributed by atoms with Crippen LogP contribution in [-0.2, 0) is 32.0 Å². The number of nitrogens with two attached hydrogens (primary N) is 2. The molecule has 4 rings (SSSR count). The van der Waals surface area contributed by atoms with Gasteiger partial charge in [0.05, 0.1) is 12.6 Å². The van der Waals surface area contributed by atoms with E-state index in [0.717, 1.165) is 27.4 Å². The van der Waals surface area contributed by atoms with E-state index in [-0.39, 0.29) is 12.8 Å². The van der Waals surface area contributed by atoms with E-state index < -0.39 is 54.5 Å². The number of hydrogen-bond acceptors (Lipinski definition) is 7. The number of unbranched alkanes of at least 4 members (excludes halogenated alkanes) is 1. The first-order chi connectivity index (χ1) is 21.2. The van der Waals surface area contributed by atoms with E-state index in [1.807, 2.05) is 48.5 Å². The Balaban J connectivity index is 1.61. The van der Waals surface area contributed by atoms with Crippen LogP contribution < -0.4 is 27.4 Å². The molecule has 0 aliphatic carbocycles. The van der Waals surface area contributed by atoms with E-state index in [1.165, 1.54) is 0 Å². The summed E-state index contributed by atoms with van der Waals surface area (Å²) < 4.78 is 0. The maximum absolute atomic E-state index is 13.9. The highest BCUT2D eigenvalue weighted by atomic mass is 16.4. The van der Waals surface area contributed by atoms with Crippen LogP contribution in [-0.4, -0.2) is 81.2 Å². The number of carboxylic acids is 1. The molecular formula is C31H39N7O6. The predicted molar refractivity (Wildman–Crippen MR) is 165 cm³/mol. The highest BCUT2D eigenvalue weighted by molar-refractivity contribution is 5.95. The van der Waals surface area contributed by atoms with Crippen molar-refractivity contribution in [2.45, 2.75) is 56.3 Å². The quantitative estimate of drug-likeness (QED) is 0.0811. The van der Waals surface area contributed by atoms with Crippen LogP contribution in [0, 0.1) is 0 Å². The fraction of sp³-hybridized carbons (Fsp3) is 0.355. The van der Waals surface area contributed by atoms with Gasteiger partial charge in [-0.05, 0) is 42.6 Å². The number of nitrogens with one attached hydrogen (secondary N) is 5. The minimum atomic E-state index is -1.57. The number of H-pyrrole nitrogens is 2. The van der Waals surface area contributed by atoms with Crippen molar-refractivity contribution >= 4 is 45.5 Å². The lowest BCUT2D eigenvalue weighted by molar-refractivity contribution is -0.143. The first-order valence-corrected chi connectivity index (χ1v) is 14.5. The van der Waals surface area contributed by atoms with Crippen molar-refractivity contribution in [1.82, 2.24) is 25.9 Å². The van der Waals surface area contributed by atoms with E-state index in [9.17, 15) is 29.4 Å². The Labute approximate surface area is 253 Å². The van der Waals surface area contributed by atoms with Gasteiger partial charge in [0, 0.05) is 47.0 Å². The Bertz CT molecular complexity index is 1600. The molecule has 13 heteroatoms. The topological polar surface area (TPSA) is 228 Å². The van der Waals surface area contributed by atoms with E-state index in [4.69, 9.17) is 11.5 Å². The Hall–Kier alpha value is -4.72. The lowest BCUT2D eigenvalue weighted by atomic mass is 10.0. The number of hydrogen-bond donors (Lipinski definition) is 9. The number of aliphatic carboxylic acids is 1. The number of benzene rings is 2. The number of aromatic nitrogens is 2. The van der Waals surface area contributed by atoms with Crippen molar-refractivity contribution in [1.29, 1.82) is 0 Å². The highest BCUT2D eigenvalue weighted by Gasteiger charge is 2.31. The molecule has 234 valence electrons. The van der Waals surface area contributed by atoms with Crippen molar-refractivity contribution in [3.8, 4) is 0 Å². The molecule has 44 heavy (non-hydrogen) atoms. The second kappa shape index (κ2) is 15.1. The van der Waals surface area contributed by atoms with Gasteiger partial charge in [-0.25, -0.2) is 4.79 Å². The molecule has 0 saturated heterocycles. The van der Waals surface area contributed by atoms with Crippen molar-refractivity contribution in [2.24, 2.45) is 11.5 Å². The molecule has 0 spiro atoms. The number of carbonyl (C=O) groups is 4. The third-order valence-corrected chi connectivity index (χ3v) is 7.57. The molecule has 0 saturated carbocycles. The highest BCUT2D eigenvalue weighted by Crippen LogP contribution is 2.21. The summed E-state index contributed by atoms with van der Waals surface area (Å²) in [5.74, 6) is -3.41. The van der Waals surface area contributed by atoms with Gasteiger partial charge in [-0.1, -0.05) is 42.8 Å². The fourth-order valence-corrected chi connectivity index (χ4v) is 5.11. The smallest absolute Gasteiger partial charge is 0.328 e. The van der Waals surface area contributed by atoms with E-state index >= 15 is 0 Å². The summed E-state index contributed by atoms with van der Waals surface area (Å²) in [7, 11) is 0. The second-order valence-corrected chi connectivity index (χ2v) is 10.7. The van der Waals surface area contributed by atoms with E-state index in [0.29, 0.717) is 31.4 Å². The second-order valence-electron chi connectivity index (χ2n) is 10.7. The number of aliphatic hydroxyl groups excluding tert-OH is 1. The minimum absolute atomic E-state index is 0.00566. The summed E-state index contributed by atoms with van der Waals surface area (Å²) in [4.78, 5) is 58.2. The number of para-hydroxylation sites is 2. The first kappa shape index (κ1) is 32.2. The normalized spacial score (nSPS) is 14.1. The van der Waals surface area contributed by atoms with Gasteiger partial charge in [0.15, 0.2) is 0 Å². The number of carbonyl (C=O) groups excluding carboxylic acids is 3. The van der Waals surface area contributed by atoms with Crippen LogP contribution in [0.1, 0.15) is 30.4 Å². The van der Waals surface area contributed by atoms with Crippen LogP contribution in [0.4, 0.5) is 0 Å². The molecule has 13 nitrogen and oxygen atoms in total. The number of aliphatic hydroxyl groups is 1. The van der Waals surface area contributed by atoms with E-state index in [2.05, 4.69) is 25.9 Å². The van der Waals surface area contributed by atoms with Crippen LogP contribution in [0.2, 0.25) is 0 Å². The molecule has 2 heterocycles. The number of aromatic amines is 2. The molecule has 0 fully saturated rings. The van der Waals surface area contributed by atoms with Gasteiger partial charge in [0.2, 0.25) is 17.7 Å².